The first-order chi connectivity index (χ1) is 6.84. The quantitative estimate of drug-likeness (QED) is 0.615. The van der Waals surface area contributed by atoms with E-state index in [0.717, 1.165) is 19.0 Å². The third-order valence-corrected chi connectivity index (χ3v) is 2.14. The fraction of sp³-hybridized carbons (Fsp3) is 0.455. The molecule has 1 aromatic rings. The minimum absolute atomic E-state index is 0.956. The third-order valence-electron chi connectivity index (χ3n) is 2.14. The normalized spacial score (nSPS) is 14.5. The molecule has 0 saturated carbocycles. The molecule has 0 N–H and O–H groups in total. The Kier molecular flexibility index (Phi) is 5.78. The zero-order valence-electron chi connectivity index (χ0n) is 8.95. The second-order valence-electron chi connectivity index (χ2n) is 3.29. The van der Waals surface area contributed by atoms with E-state index >= 15 is 0 Å². The zero-order valence-corrected chi connectivity index (χ0v) is 8.95. The number of ether oxygens (including phenoxy) is 2. The standard InChI is InChI=1S/C7H7O.C4H8O.Li/c1-8-7-5-3-2-4-6-7;1-2-4-5-3-1;/h2-5H,1H3;1-4H2;. The van der Waals surface area contributed by atoms with Gasteiger partial charge in [-0.1, -0.05) is 0 Å². The number of benzene rings is 1. The molecule has 3 heteroatoms. The summed E-state index contributed by atoms with van der Waals surface area (Å²) < 4.78 is 11.2. The van der Waals surface area contributed by atoms with Gasteiger partial charge in [0.05, 0.1) is 0 Å². The van der Waals surface area contributed by atoms with E-state index in [9.17, 15) is 0 Å². The minimum atomic E-state index is 0.956. The van der Waals surface area contributed by atoms with E-state index in [4.69, 9.17) is 9.47 Å². The first-order valence-electron chi connectivity index (χ1n) is 5.02. The first kappa shape index (κ1) is 11.7. The van der Waals surface area contributed by atoms with Gasteiger partial charge in [0.2, 0.25) is 0 Å². The summed E-state index contributed by atoms with van der Waals surface area (Å²) in [5.41, 5.74) is 0. The van der Waals surface area contributed by atoms with Crippen molar-refractivity contribution in [3.05, 3.63) is 24.3 Å². The van der Waals surface area contributed by atoms with Crippen LogP contribution in [0, 0.1) is 0 Å². The van der Waals surface area contributed by atoms with Gasteiger partial charge in [-0.25, -0.2) is 0 Å². The Morgan fingerprint density at radius 2 is 1.86 bits per heavy atom. The van der Waals surface area contributed by atoms with E-state index in [1.165, 1.54) is 17.1 Å². The van der Waals surface area contributed by atoms with Crippen molar-refractivity contribution in [2.24, 2.45) is 0 Å². The summed E-state index contributed by atoms with van der Waals surface area (Å²) in [5.74, 6) is 0.956. The summed E-state index contributed by atoms with van der Waals surface area (Å²) in [6, 6.07) is 7.94. The van der Waals surface area contributed by atoms with Gasteiger partial charge >= 0.3 is 63.8 Å². The molecular formula is C11H15LiO2. The van der Waals surface area contributed by atoms with Gasteiger partial charge in [0.15, 0.2) is 0 Å². The van der Waals surface area contributed by atoms with E-state index < -0.39 is 0 Å². The van der Waals surface area contributed by atoms with Crippen LogP contribution in [-0.2, 0) is 4.74 Å². The van der Waals surface area contributed by atoms with Gasteiger partial charge in [0.25, 0.3) is 0 Å². The van der Waals surface area contributed by atoms with E-state index in [-0.39, 0.29) is 0 Å². The van der Waals surface area contributed by atoms with Crippen LogP contribution in [0.3, 0.4) is 0 Å². The van der Waals surface area contributed by atoms with Crippen LogP contribution in [0.5, 0.6) is 5.75 Å². The fourth-order valence-corrected chi connectivity index (χ4v) is 1.30. The molecule has 1 aliphatic rings. The van der Waals surface area contributed by atoms with Gasteiger partial charge in [-0.15, -0.1) is 0 Å². The molecule has 72 valence electrons. The molecule has 0 aliphatic carbocycles. The van der Waals surface area contributed by atoms with Crippen molar-refractivity contribution in [1.82, 2.24) is 0 Å². The van der Waals surface area contributed by atoms with Gasteiger partial charge in [-0.05, 0) is 12.8 Å². The van der Waals surface area contributed by atoms with E-state index in [0.29, 0.717) is 0 Å². The van der Waals surface area contributed by atoms with E-state index in [1.807, 2.05) is 42.0 Å². The Morgan fingerprint density at radius 1 is 1.21 bits per heavy atom. The van der Waals surface area contributed by atoms with Crippen LogP contribution < -0.4 is 8.97 Å². The van der Waals surface area contributed by atoms with Gasteiger partial charge < -0.3 is 4.74 Å². The van der Waals surface area contributed by atoms with Gasteiger partial charge in [0.1, 0.15) is 0 Å². The van der Waals surface area contributed by atoms with Crippen molar-refractivity contribution in [2.75, 3.05) is 20.3 Å². The Labute approximate surface area is 94.8 Å². The maximum absolute atomic E-state index is 5.04. The predicted molar refractivity (Wildman–Crippen MR) is 58.4 cm³/mol. The Bertz CT molecular complexity index is 252. The second kappa shape index (κ2) is 6.95. The topological polar surface area (TPSA) is 18.5 Å². The molecule has 0 amide bonds. The van der Waals surface area contributed by atoms with Crippen molar-refractivity contribution >= 4 is 22.0 Å². The number of methoxy groups -OCH3 is 1. The monoisotopic (exact) mass is 186 g/mol. The van der Waals surface area contributed by atoms with E-state index in [2.05, 4.69) is 0 Å². The third kappa shape index (κ3) is 4.19. The van der Waals surface area contributed by atoms with Crippen LogP contribution in [0.1, 0.15) is 12.8 Å². The summed E-state index contributed by atoms with van der Waals surface area (Å²) in [4.78, 5) is 0. The van der Waals surface area contributed by atoms with Crippen LogP contribution in [0.15, 0.2) is 24.3 Å². The molecule has 1 saturated heterocycles. The molecule has 1 fully saturated rings. The summed E-state index contributed by atoms with van der Waals surface area (Å²) in [7, 11) is 1.68. The Balaban J connectivity index is 0.000000165. The van der Waals surface area contributed by atoms with Crippen LogP contribution in [-0.4, -0.2) is 38.0 Å². The molecule has 0 unspecified atom stereocenters. The molecule has 1 aliphatic heterocycles. The van der Waals surface area contributed by atoms with Crippen LogP contribution in [0.25, 0.3) is 0 Å². The average Bonchev–Trinajstić information content (AvgIpc) is 2.76. The first-order valence-corrected chi connectivity index (χ1v) is 5.02. The molecule has 14 heavy (non-hydrogen) atoms. The SMILES string of the molecule is C1CCOC1.[Li][c]1ccccc1OC. The van der Waals surface area contributed by atoms with Crippen molar-refractivity contribution in [3.63, 3.8) is 0 Å². The summed E-state index contributed by atoms with van der Waals surface area (Å²) in [6.07, 6.45) is 2.56. The predicted octanol–water partition coefficient (Wildman–Crippen LogP) is 1.29. The molecule has 0 spiro atoms. The number of hydrogen-bond donors (Lipinski definition) is 0. The molecule has 2 nitrogen and oxygen atoms in total. The molecule has 0 radical (unpaired) electrons. The Morgan fingerprint density at radius 3 is 2.21 bits per heavy atom. The van der Waals surface area contributed by atoms with Gasteiger partial charge in [-0.3, -0.25) is 0 Å². The van der Waals surface area contributed by atoms with Gasteiger partial charge in [-0.2, -0.15) is 0 Å². The van der Waals surface area contributed by atoms with Crippen molar-refractivity contribution in [3.8, 4) is 5.75 Å². The van der Waals surface area contributed by atoms with Crippen molar-refractivity contribution in [1.29, 1.82) is 0 Å². The maximum atomic E-state index is 5.04. The number of para-hydroxylation sites is 1. The number of rotatable bonds is 1. The molecule has 0 bridgehead atoms. The van der Waals surface area contributed by atoms with Crippen molar-refractivity contribution in [2.45, 2.75) is 12.8 Å². The van der Waals surface area contributed by atoms with Crippen LogP contribution in [0.4, 0.5) is 0 Å². The molecule has 2 rings (SSSR count). The summed E-state index contributed by atoms with van der Waals surface area (Å²) >= 11 is 2.03. The molecule has 0 atom stereocenters. The van der Waals surface area contributed by atoms with Crippen molar-refractivity contribution < 1.29 is 9.47 Å². The number of hydrogen-bond acceptors (Lipinski definition) is 2. The zero-order chi connectivity index (χ0) is 10.2. The average molecular weight is 186 g/mol. The van der Waals surface area contributed by atoms with Gasteiger partial charge in [0, 0.05) is 13.2 Å². The van der Waals surface area contributed by atoms with E-state index in [1.54, 1.807) is 7.11 Å². The second-order valence-corrected chi connectivity index (χ2v) is 3.29. The molecule has 1 aromatic carbocycles. The fourth-order valence-electron chi connectivity index (χ4n) is 1.30. The van der Waals surface area contributed by atoms with Crippen LogP contribution >= 0.6 is 0 Å². The molecular weight excluding hydrogens is 171 g/mol. The van der Waals surface area contributed by atoms with Crippen LogP contribution in [0.2, 0.25) is 0 Å². The molecule has 0 aromatic heterocycles. The summed E-state index contributed by atoms with van der Waals surface area (Å²) in [5, 5.41) is 0. The summed E-state index contributed by atoms with van der Waals surface area (Å²) in [6.45, 7) is 2.00. The Hall–Kier alpha value is -0.423. The molecule has 1 heterocycles.